The fourth-order valence-corrected chi connectivity index (χ4v) is 1.75. The molecular weight excluding hydrogens is 222 g/mol. The molecule has 1 heterocycles. The average Bonchev–Trinajstić information content (AvgIpc) is 2.45. The summed E-state index contributed by atoms with van der Waals surface area (Å²) >= 11 is 0. The van der Waals surface area contributed by atoms with Crippen molar-refractivity contribution >= 4 is 0 Å². The van der Waals surface area contributed by atoms with E-state index in [0.717, 1.165) is 12.0 Å². The van der Waals surface area contributed by atoms with Gasteiger partial charge in [0, 0.05) is 25.4 Å². The van der Waals surface area contributed by atoms with Crippen LogP contribution in [0.25, 0.3) is 0 Å². The number of nitriles is 1. The summed E-state index contributed by atoms with van der Waals surface area (Å²) in [5.41, 5.74) is 2.31. The Morgan fingerprint density at radius 1 is 1.06 bits per heavy atom. The molecule has 0 aliphatic heterocycles. The summed E-state index contributed by atoms with van der Waals surface area (Å²) in [6, 6.07) is 16.1. The lowest BCUT2D eigenvalue weighted by molar-refractivity contribution is 0.598. The van der Waals surface area contributed by atoms with Gasteiger partial charge in [-0.15, -0.1) is 0 Å². The molecule has 0 saturated heterocycles. The maximum Gasteiger partial charge on any atom is 0.0996 e. The fraction of sp³-hybridized carbons (Fsp3) is 0.200. The van der Waals surface area contributed by atoms with Crippen molar-refractivity contribution < 1.29 is 0 Å². The van der Waals surface area contributed by atoms with Crippen LogP contribution in [0.3, 0.4) is 0 Å². The van der Waals surface area contributed by atoms with E-state index in [1.54, 1.807) is 12.4 Å². The highest BCUT2D eigenvalue weighted by Gasteiger charge is 2.07. The number of nitrogens with zero attached hydrogens (tertiary/aromatic N) is 2. The highest BCUT2D eigenvalue weighted by molar-refractivity contribution is 5.18. The normalized spacial score (nSPS) is 11.7. The van der Waals surface area contributed by atoms with Crippen LogP contribution in [0.2, 0.25) is 0 Å². The zero-order chi connectivity index (χ0) is 12.6. The van der Waals surface area contributed by atoms with Gasteiger partial charge in [0.25, 0.3) is 0 Å². The quantitative estimate of drug-likeness (QED) is 0.868. The summed E-state index contributed by atoms with van der Waals surface area (Å²) in [7, 11) is 0. The van der Waals surface area contributed by atoms with Crippen LogP contribution in [0.15, 0.2) is 54.9 Å². The molecule has 18 heavy (non-hydrogen) atoms. The van der Waals surface area contributed by atoms with Crippen molar-refractivity contribution in [1.82, 2.24) is 10.3 Å². The molecule has 0 bridgehead atoms. The Labute approximate surface area is 107 Å². The molecule has 1 N–H and O–H groups in total. The van der Waals surface area contributed by atoms with Gasteiger partial charge in [0.15, 0.2) is 0 Å². The van der Waals surface area contributed by atoms with Gasteiger partial charge in [-0.2, -0.15) is 5.26 Å². The van der Waals surface area contributed by atoms with E-state index in [9.17, 15) is 0 Å². The smallest absolute Gasteiger partial charge is 0.0996 e. The third kappa shape index (κ3) is 3.69. The lowest BCUT2D eigenvalue weighted by atomic mass is 10.1. The van der Waals surface area contributed by atoms with Gasteiger partial charge >= 0.3 is 0 Å². The molecule has 2 rings (SSSR count). The lowest BCUT2D eigenvalue weighted by Crippen LogP contribution is -2.29. The van der Waals surface area contributed by atoms with E-state index >= 15 is 0 Å². The van der Waals surface area contributed by atoms with Crippen LogP contribution in [0.4, 0.5) is 0 Å². The topological polar surface area (TPSA) is 48.7 Å². The van der Waals surface area contributed by atoms with E-state index < -0.39 is 0 Å². The molecule has 1 unspecified atom stereocenters. The first kappa shape index (κ1) is 12.3. The third-order valence-corrected chi connectivity index (χ3v) is 2.74. The second kappa shape index (κ2) is 6.53. The summed E-state index contributed by atoms with van der Waals surface area (Å²) in [5.74, 6) is 0. The second-order valence-electron chi connectivity index (χ2n) is 4.11. The molecule has 1 atom stereocenters. The van der Waals surface area contributed by atoms with E-state index in [1.807, 2.05) is 42.5 Å². The largest absolute Gasteiger partial charge is 0.298 e. The fourth-order valence-electron chi connectivity index (χ4n) is 1.75. The lowest BCUT2D eigenvalue weighted by Gasteiger charge is -2.11. The number of nitrogens with one attached hydrogen (secondary N) is 1. The van der Waals surface area contributed by atoms with E-state index in [4.69, 9.17) is 5.26 Å². The SMILES string of the molecule is N#CC(Cc1ccccc1)NCc1ccncc1. The molecule has 3 heteroatoms. The molecule has 0 amide bonds. The third-order valence-electron chi connectivity index (χ3n) is 2.74. The summed E-state index contributed by atoms with van der Waals surface area (Å²) in [4.78, 5) is 3.97. The molecule has 0 saturated carbocycles. The standard InChI is InChI=1S/C15H15N3/c16-11-15(10-13-4-2-1-3-5-13)18-12-14-6-8-17-9-7-14/h1-9,15,18H,10,12H2. The van der Waals surface area contributed by atoms with Gasteiger partial charge < -0.3 is 0 Å². The molecular formula is C15H15N3. The van der Waals surface area contributed by atoms with E-state index in [2.05, 4.69) is 16.4 Å². The van der Waals surface area contributed by atoms with Crippen molar-refractivity contribution in [3.05, 3.63) is 66.0 Å². The van der Waals surface area contributed by atoms with Gasteiger partial charge in [-0.25, -0.2) is 0 Å². The maximum absolute atomic E-state index is 9.14. The summed E-state index contributed by atoms with van der Waals surface area (Å²) in [6.07, 6.45) is 4.24. The monoisotopic (exact) mass is 237 g/mol. The predicted octanol–water partition coefficient (Wildman–Crippen LogP) is 2.31. The van der Waals surface area contributed by atoms with Crippen LogP contribution >= 0.6 is 0 Å². The number of hydrogen-bond donors (Lipinski definition) is 1. The van der Waals surface area contributed by atoms with Crippen molar-refractivity contribution in [3.8, 4) is 6.07 Å². The van der Waals surface area contributed by atoms with Crippen LogP contribution < -0.4 is 5.32 Å². The first-order chi connectivity index (χ1) is 8.88. The number of aromatic nitrogens is 1. The number of pyridine rings is 1. The van der Waals surface area contributed by atoms with Crippen LogP contribution in [0.5, 0.6) is 0 Å². The minimum Gasteiger partial charge on any atom is -0.298 e. The molecule has 90 valence electrons. The van der Waals surface area contributed by atoms with E-state index in [0.29, 0.717) is 6.54 Å². The number of benzene rings is 1. The Hall–Kier alpha value is -2.18. The Balaban J connectivity index is 1.89. The molecule has 0 radical (unpaired) electrons. The second-order valence-corrected chi connectivity index (χ2v) is 4.11. The molecule has 2 aromatic rings. The van der Waals surface area contributed by atoms with Gasteiger partial charge in [0.2, 0.25) is 0 Å². The van der Waals surface area contributed by atoms with Crippen molar-refractivity contribution in [1.29, 1.82) is 5.26 Å². The Kier molecular flexibility index (Phi) is 4.46. The first-order valence-corrected chi connectivity index (χ1v) is 5.94. The van der Waals surface area contributed by atoms with Crippen LogP contribution in [0, 0.1) is 11.3 Å². The number of hydrogen-bond acceptors (Lipinski definition) is 3. The van der Waals surface area contributed by atoms with Crippen molar-refractivity contribution in [2.45, 2.75) is 19.0 Å². The minimum atomic E-state index is -0.166. The van der Waals surface area contributed by atoms with Crippen molar-refractivity contribution in [2.24, 2.45) is 0 Å². The minimum absolute atomic E-state index is 0.166. The Morgan fingerprint density at radius 2 is 1.78 bits per heavy atom. The van der Waals surface area contributed by atoms with Gasteiger partial charge in [0.05, 0.1) is 12.1 Å². The predicted molar refractivity (Wildman–Crippen MR) is 70.6 cm³/mol. The molecule has 0 aliphatic rings. The molecule has 1 aromatic heterocycles. The van der Waals surface area contributed by atoms with Crippen LogP contribution in [0.1, 0.15) is 11.1 Å². The zero-order valence-electron chi connectivity index (χ0n) is 10.1. The first-order valence-electron chi connectivity index (χ1n) is 5.94. The maximum atomic E-state index is 9.14. The summed E-state index contributed by atoms with van der Waals surface area (Å²) in [6.45, 7) is 0.688. The van der Waals surface area contributed by atoms with Crippen LogP contribution in [-0.4, -0.2) is 11.0 Å². The van der Waals surface area contributed by atoms with Gasteiger partial charge in [-0.05, 0) is 23.3 Å². The highest BCUT2D eigenvalue weighted by Crippen LogP contribution is 2.04. The van der Waals surface area contributed by atoms with Gasteiger partial charge in [-0.1, -0.05) is 30.3 Å². The van der Waals surface area contributed by atoms with Crippen molar-refractivity contribution in [3.63, 3.8) is 0 Å². The molecule has 1 aromatic carbocycles. The molecule has 3 nitrogen and oxygen atoms in total. The molecule has 0 spiro atoms. The Bertz CT molecular complexity index is 502. The number of rotatable bonds is 5. The van der Waals surface area contributed by atoms with Crippen LogP contribution in [-0.2, 0) is 13.0 Å². The summed E-state index contributed by atoms with van der Waals surface area (Å²) in [5, 5.41) is 12.4. The van der Waals surface area contributed by atoms with E-state index in [1.165, 1.54) is 5.56 Å². The van der Waals surface area contributed by atoms with E-state index in [-0.39, 0.29) is 6.04 Å². The van der Waals surface area contributed by atoms with Crippen molar-refractivity contribution in [2.75, 3.05) is 0 Å². The Morgan fingerprint density at radius 3 is 2.44 bits per heavy atom. The van der Waals surface area contributed by atoms with Gasteiger partial charge in [-0.3, -0.25) is 10.3 Å². The van der Waals surface area contributed by atoms with Gasteiger partial charge in [0.1, 0.15) is 0 Å². The average molecular weight is 237 g/mol. The highest BCUT2D eigenvalue weighted by atomic mass is 14.9. The molecule has 0 aliphatic carbocycles. The summed E-state index contributed by atoms with van der Waals surface area (Å²) < 4.78 is 0. The molecule has 0 fully saturated rings. The zero-order valence-corrected chi connectivity index (χ0v) is 10.1.